The predicted molar refractivity (Wildman–Crippen MR) is 53.4 cm³/mol. The quantitative estimate of drug-likeness (QED) is 0.822. The van der Waals surface area contributed by atoms with Crippen LogP contribution >= 0.6 is 0 Å². The molecule has 17 heavy (non-hydrogen) atoms. The number of halogens is 3. The topological polar surface area (TPSA) is 56.1 Å². The van der Waals surface area contributed by atoms with Crippen molar-refractivity contribution < 1.29 is 22.7 Å². The molecule has 0 saturated carbocycles. The molecule has 0 bridgehead atoms. The molecule has 1 N–H and O–H groups in total. The van der Waals surface area contributed by atoms with E-state index < -0.39 is 24.7 Å². The maximum absolute atomic E-state index is 12.0. The average Bonchev–Trinajstić information content (AvgIpc) is 2.61. The zero-order valence-electron chi connectivity index (χ0n) is 9.28. The van der Waals surface area contributed by atoms with Crippen LogP contribution in [-0.4, -0.2) is 35.1 Å². The highest BCUT2D eigenvalue weighted by Gasteiger charge is 2.28. The molecule has 0 amide bonds. The molecule has 0 fully saturated rings. The Labute approximate surface area is 95.5 Å². The van der Waals surface area contributed by atoms with Gasteiger partial charge >= 0.3 is 12.1 Å². The van der Waals surface area contributed by atoms with Gasteiger partial charge in [0.05, 0.1) is 19.0 Å². The maximum atomic E-state index is 12.0. The molecule has 1 heterocycles. The Morgan fingerprint density at radius 1 is 1.65 bits per heavy atom. The summed E-state index contributed by atoms with van der Waals surface area (Å²) in [5, 5.41) is 6.20. The zero-order valence-corrected chi connectivity index (χ0v) is 9.28. The van der Waals surface area contributed by atoms with Gasteiger partial charge in [-0.15, -0.1) is 0 Å². The van der Waals surface area contributed by atoms with E-state index in [0.717, 1.165) is 4.68 Å². The molecular weight excluding hydrogens is 239 g/mol. The van der Waals surface area contributed by atoms with Crippen molar-refractivity contribution >= 4 is 11.7 Å². The molecule has 0 radical (unpaired) electrons. The van der Waals surface area contributed by atoms with Gasteiger partial charge in [-0.3, -0.25) is 4.68 Å². The van der Waals surface area contributed by atoms with Gasteiger partial charge in [-0.05, 0) is 6.92 Å². The van der Waals surface area contributed by atoms with Gasteiger partial charge in [-0.1, -0.05) is 0 Å². The molecule has 1 aromatic rings. The number of alkyl halides is 3. The van der Waals surface area contributed by atoms with Crippen LogP contribution in [0, 0.1) is 0 Å². The number of carbonyl (C=O) groups excluding carboxylic acids is 1. The largest absolute Gasteiger partial charge is 0.467 e. The molecule has 0 aliphatic carbocycles. The normalized spacial score (nSPS) is 13.2. The van der Waals surface area contributed by atoms with Crippen LogP contribution in [0.3, 0.4) is 0 Å². The molecular formula is C9H12F3N3O2. The van der Waals surface area contributed by atoms with Crippen LogP contribution in [0.4, 0.5) is 18.9 Å². The van der Waals surface area contributed by atoms with Crippen LogP contribution in [-0.2, 0) is 16.1 Å². The molecule has 1 rings (SSSR count). The summed E-state index contributed by atoms with van der Waals surface area (Å²) in [5.41, 5.74) is 0.326. The van der Waals surface area contributed by atoms with Gasteiger partial charge < -0.3 is 10.1 Å². The van der Waals surface area contributed by atoms with Crippen molar-refractivity contribution in [2.45, 2.75) is 25.7 Å². The first-order valence-electron chi connectivity index (χ1n) is 4.75. The van der Waals surface area contributed by atoms with Gasteiger partial charge in [-0.2, -0.15) is 18.3 Å². The summed E-state index contributed by atoms with van der Waals surface area (Å²) < 4.78 is 41.3. The summed E-state index contributed by atoms with van der Waals surface area (Å²) in [6, 6.07) is -0.650. The molecule has 1 aromatic heterocycles. The lowest BCUT2D eigenvalue weighted by Gasteiger charge is -2.10. The lowest BCUT2D eigenvalue weighted by molar-refractivity contribution is -0.143. The van der Waals surface area contributed by atoms with Gasteiger partial charge in [0.1, 0.15) is 12.6 Å². The number of hydrogen-bond acceptors (Lipinski definition) is 4. The van der Waals surface area contributed by atoms with Crippen LogP contribution in [0.5, 0.6) is 0 Å². The predicted octanol–water partition coefficient (Wildman–Crippen LogP) is 1.42. The van der Waals surface area contributed by atoms with E-state index in [-0.39, 0.29) is 0 Å². The SMILES string of the molecule is COC(=O)[C@H](C)Nc1cnn(CC(F)(F)F)c1. The molecule has 8 heteroatoms. The molecule has 0 aliphatic rings. The highest BCUT2D eigenvalue weighted by atomic mass is 19.4. The number of nitrogens with one attached hydrogen (secondary N) is 1. The Morgan fingerprint density at radius 2 is 2.29 bits per heavy atom. The van der Waals surface area contributed by atoms with Gasteiger partial charge in [0.15, 0.2) is 0 Å². The van der Waals surface area contributed by atoms with E-state index in [1.54, 1.807) is 0 Å². The van der Waals surface area contributed by atoms with Crippen molar-refractivity contribution in [3.05, 3.63) is 12.4 Å². The molecule has 0 spiro atoms. The number of carbonyl (C=O) groups is 1. The summed E-state index contributed by atoms with van der Waals surface area (Å²) >= 11 is 0. The molecule has 1 atom stereocenters. The number of anilines is 1. The first kappa shape index (κ1) is 13.3. The summed E-state index contributed by atoms with van der Waals surface area (Å²) in [6.45, 7) is 0.369. The standard InChI is InChI=1S/C9H12F3N3O2/c1-6(8(16)17-2)14-7-3-13-15(4-7)5-9(10,11)12/h3-4,6,14H,5H2,1-2H3/t6-/m0/s1. The number of methoxy groups -OCH3 is 1. The number of rotatable bonds is 4. The van der Waals surface area contributed by atoms with Crippen LogP contribution < -0.4 is 5.32 Å². The lowest BCUT2D eigenvalue weighted by Crippen LogP contribution is -2.26. The third kappa shape index (κ3) is 4.33. The van der Waals surface area contributed by atoms with E-state index in [4.69, 9.17) is 0 Å². The first-order valence-corrected chi connectivity index (χ1v) is 4.75. The second-order valence-electron chi connectivity index (χ2n) is 3.43. The third-order valence-corrected chi connectivity index (χ3v) is 1.91. The Morgan fingerprint density at radius 3 is 2.82 bits per heavy atom. The van der Waals surface area contributed by atoms with Crippen molar-refractivity contribution in [2.75, 3.05) is 12.4 Å². The molecule has 0 aromatic carbocycles. The minimum absolute atomic E-state index is 0.326. The number of ether oxygens (including phenoxy) is 1. The van der Waals surface area contributed by atoms with E-state index in [2.05, 4.69) is 15.2 Å². The third-order valence-electron chi connectivity index (χ3n) is 1.91. The van der Waals surface area contributed by atoms with E-state index in [1.807, 2.05) is 0 Å². The van der Waals surface area contributed by atoms with Crippen LogP contribution in [0.2, 0.25) is 0 Å². The minimum Gasteiger partial charge on any atom is -0.467 e. The molecule has 0 aliphatic heterocycles. The molecule has 0 unspecified atom stereocenters. The smallest absolute Gasteiger partial charge is 0.408 e. The number of esters is 1. The molecule has 5 nitrogen and oxygen atoms in total. The van der Waals surface area contributed by atoms with Crippen molar-refractivity contribution in [1.82, 2.24) is 9.78 Å². The Kier molecular flexibility index (Phi) is 3.97. The van der Waals surface area contributed by atoms with E-state index >= 15 is 0 Å². The highest BCUT2D eigenvalue weighted by molar-refractivity contribution is 5.78. The fourth-order valence-electron chi connectivity index (χ4n) is 1.19. The van der Waals surface area contributed by atoms with Crippen molar-refractivity contribution in [3.8, 4) is 0 Å². The zero-order chi connectivity index (χ0) is 13.1. The van der Waals surface area contributed by atoms with Gasteiger partial charge in [0.2, 0.25) is 0 Å². The van der Waals surface area contributed by atoms with Gasteiger partial charge in [0.25, 0.3) is 0 Å². The van der Waals surface area contributed by atoms with Gasteiger partial charge in [-0.25, -0.2) is 4.79 Å². The second kappa shape index (κ2) is 5.07. The fourth-order valence-corrected chi connectivity index (χ4v) is 1.19. The van der Waals surface area contributed by atoms with Crippen molar-refractivity contribution in [1.29, 1.82) is 0 Å². The summed E-state index contributed by atoms with van der Waals surface area (Å²) in [6.07, 6.45) is -1.94. The lowest BCUT2D eigenvalue weighted by atomic mass is 10.3. The summed E-state index contributed by atoms with van der Waals surface area (Å²) in [4.78, 5) is 11.1. The first-order chi connectivity index (χ1) is 7.81. The maximum Gasteiger partial charge on any atom is 0.408 e. The van der Waals surface area contributed by atoms with E-state index in [0.29, 0.717) is 5.69 Å². The molecule has 96 valence electrons. The minimum atomic E-state index is -4.32. The Bertz CT molecular complexity index is 389. The van der Waals surface area contributed by atoms with Crippen LogP contribution in [0.15, 0.2) is 12.4 Å². The fraction of sp³-hybridized carbons (Fsp3) is 0.556. The Hall–Kier alpha value is -1.73. The van der Waals surface area contributed by atoms with E-state index in [9.17, 15) is 18.0 Å². The number of hydrogen-bond donors (Lipinski definition) is 1. The second-order valence-corrected chi connectivity index (χ2v) is 3.43. The van der Waals surface area contributed by atoms with E-state index in [1.165, 1.54) is 26.4 Å². The summed E-state index contributed by atoms with van der Waals surface area (Å²) in [5.74, 6) is -0.506. The van der Waals surface area contributed by atoms with Crippen molar-refractivity contribution in [3.63, 3.8) is 0 Å². The number of aromatic nitrogens is 2. The average molecular weight is 251 g/mol. The van der Waals surface area contributed by atoms with Crippen LogP contribution in [0.25, 0.3) is 0 Å². The van der Waals surface area contributed by atoms with Gasteiger partial charge in [0, 0.05) is 6.20 Å². The number of nitrogens with zero attached hydrogens (tertiary/aromatic N) is 2. The highest BCUT2D eigenvalue weighted by Crippen LogP contribution is 2.18. The van der Waals surface area contributed by atoms with Crippen molar-refractivity contribution in [2.24, 2.45) is 0 Å². The monoisotopic (exact) mass is 251 g/mol. The summed E-state index contributed by atoms with van der Waals surface area (Å²) in [7, 11) is 1.23. The Balaban J connectivity index is 2.60. The molecule has 0 saturated heterocycles. The van der Waals surface area contributed by atoms with Crippen LogP contribution in [0.1, 0.15) is 6.92 Å².